The third kappa shape index (κ3) is 4.57. The van der Waals surface area contributed by atoms with Gasteiger partial charge in [-0.15, -0.1) is 0 Å². The first kappa shape index (κ1) is 15.4. The molecule has 1 atom stereocenters. The van der Waals surface area contributed by atoms with E-state index in [9.17, 15) is 17.2 Å². The quantitative estimate of drug-likeness (QED) is 0.808. The Hall–Kier alpha value is -0.620. The number of sulfone groups is 1. The molecule has 0 radical (unpaired) electrons. The van der Waals surface area contributed by atoms with Crippen molar-refractivity contribution in [2.24, 2.45) is 0 Å². The third-order valence-electron chi connectivity index (χ3n) is 2.60. The Kier molecular flexibility index (Phi) is 5.59. The molecule has 0 fully saturated rings. The van der Waals surface area contributed by atoms with Gasteiger partial charge in [-0.25, -0.2) is 17.2 Å². The van der Waals surface area contributed by atoms with Crippen molar-refractivity contribution in [2.75, 3.05) is 17.3 Å². The van der Waals surface area contributed by atoms with E-state index in [1.54, 1.807) is 13.8 Å². The predicted molar refractivity (Wildman–Crippen MR) is 71.6 cm³/mol. The molecular formula is C12H16F2O2S2. The van der Waals surface area contributed by atoms with E-state index in [0.29, 0.717) is 5.75 Å². The van der Waals surface area contributed by atoms with E-state index < -0.39 is 21.5 Å². The average molecular weight is 294 g/mol. The van der Waals surface area contributed by atoms with Crippen LogP contribution in [0.3, 0.4) is 0 Å². The fraction of sp³-hybridized carbons (Fsp3) is 0.500. The first-order chi connectivity index (χ1) is 8.35. The lowest BCUT2D eigenvalue weighted by Gasteiger charge is -2.12. The van der Waals surface area contributed by atoms with E-state index in [1.807, 2.05) is 0 Å². The number of rotatable bonds is 6. The molecule has 1 aromatic rings. The molecule has 1 aromatic carbocycles. The van der Waals surface area contributed by atoms with Crippen LogP contribution in [-0.2, 0) is 9.84 Å². The monoisotopic (exact) mass is 294 g/mol. The van der Waals surface area contributed by atoms with Crippen molar-refractivity contribution < 1.29 is 17.2 Å². The van der Waals surface area contributed by atoms with Gasteiger partial charge in [-0.2, -0.15) is 11.8 Å². The molecule has 0 amide bonds. The Morgan fingerprint density at radius 2 is 2.00 bits per heavy atom. The van der Waals surface area contributed by atoms with Crippen LogP contribution in [0.5, 0.6) is 0 Å². The van der Waals surface area contributed by atoms with Gasteiger partial charge in [-0.05, 0) is 25.1 Å². The Labute approximate surface area is 111 Å². The molecule has 0 aliphatic carbocycles. The van der Waals surface area contributed by atoms with Crippen molar-refractivity contribution in [3.05, 3.63) is 35.4 Å². The summed E-state index contributed by atoms with van der Waals surface area (Å²) in [4.78, 5) is 0. The normalized spacial score (nSPS) is 13.6. The van der Waals surface area contributed by atoms with Crippen LogP contribution in [0.4, 0.5) is 8.78 Å². The van der Waals surface area contributed by atoms with E-state index in [0.717, 1.165) is 18.2 Å². The molecule has 0 heterocycles. The van der Waals surface area contributed by atoms with E-state index in [2.05, 4.69) is 0 Å². The van der Waals surface area contributed by atoms with Crippen LogP contribution in [0.1, 0.15) is 24.7 Å². The van der Waals surface area contributed by atoms with Crippen LogP contribution in [-0.4, -0.2) is 25.7 Å². The number of halogens is 2. The van der Waals surface area contributed by atoms with Crippen LogP contribution in [0.2, 0.25) is 0 Å². The van der Waals surface area contributed by atoms with E-state index in [-0.39, 0.29) is 22.3 Å². The fourth-order valence-corrected chi connectivity index (χ4v) is 3.82. The lowest BCUT2D eigenvalue weighted by atomic mass is 10.1. The molecule has 1 rings (SSSR count). The van der Waals surface area contributed by atoms with E-state index in [4.69, 9.17) is 0 Å². The smallest absolute Gasteiger partial charge is 0.150 e. The lowest BCUT2D eigenvalue weighted by Crippen LogP contribution is -2.11. The second-order valence-corrected chi connectivity index (χ2v) is 7.84. The molecule has 0 saturated carbocycles. The molecule has 0 N–H and O–H groups in total. The highest BCUT2D eigenvalue weighted by molar-refractivity contribution is 8.00. The summed E-state index contributed by atoms with van der Waals surface area (Å²) in [6.07, 6.45) is 0. The summed E-state index contributed by atoms with van der Waals surface area (Å²) >= 11 is 1.31. The summed E-state index contributed by atoms with van der Waals surface area (Å²) in [7, 11) is -3.00. The highest BCUT2D eigenvalue weighted by atomic mass is 32.2. The first-order valence-electron chi connectivity index (χ1n) is 5.62. The lowest BCUT2D eigenvalue weighted by molar-refractivity contribution is 0.586. The van der Waals surface area contributed by atoms with Gasteiger partial charge in [0.1, 0.15) is 11.6 Å². The Bertz CT molecular complexity index is 501. The summed E-state index contributed by atoms with van der Waals surface area (Å²) < 4.78 is 49.0. The standard InChI is InChI=1S/C12H16F2O2S2/c1-3-18(15,16)7-6-17-9(2)11-8-10(13)4-5-12(11)14/h4-5,8-9H,3,6-7H2,1-2H3/t9-/m0/s1. The number of hydrogen-bond donors (Lipinski definition) is 0. The summed E-state index contributed by atoms with van der Waals surface area (Å²) in [5.74, 6) is -0.395. The molecule has 0 bridgehead atoms. The molecule has 18 heavy (non-hydrogen) atoms. The zero-order valence-electron chi connectivity index (χ0n) is 10.3. The minimum absolute atomic E-state index is 0.0649. The van der Waals surface area contributed by atoms with Crippen molar-refractivity contribution in [3.63, 3.8) is 0 Å². The van der Waals surface area contributed by atoms with Gasteiger partial charge in [0.2, 0.25) is 0 Å². The van der Waals surface area contributed by atoms with Crippen LogP contribution >= 0.6 is 11.8 Å². The van der Waals surface area contributed by atoms with Gasteiger partial charge < -0.3 is 0 Å². The van der Waals surface area contributed by atoms with Crippen molar-refractivity contribution in [1.29, 1.82) is 0 Å². The first-order valence-corrected chi connectivity index (χ1v) is 8.49. The van der Waals surface area contributed by atoms with Crippen LogP contribution in [0, 0.1) is 11.6 Å². The molecular weight excluding hydrogens is 278 g/mol. The van der Waals surface area contributed by atoms with Gasteiger partial charge >= 0.3 is 0 Å². The maximum Gasteiger partial charge on any atom is 0.150 e. The Morgan fingerprint density at radius 3 is 2.61 bits per heavy atom. The van der Waals surface area contributed by atoms with Gasteiger partial charge in [0, 0.05) is 22.3 Å². The molecule has 2 nitrogen and oxygen atoms in total. The van der Waals surface area contributed by atoms with Crippen molar-refractivity contribution in [1.82, 2.24) is 0 Å². The van der Waals surface area contributed by atoms with Crippen LogP contribution < -0.4 is 0 Å². The minimum atomic E-state index is -3.00. The van der Waals surface area contributed by atoms with Gasteiger partial charge in [0.15, 0.2) is 9.84 Å². The molecule has 6 heteroatoms. The third-order valence-corrected chi connectivity index (χ3v) is 5.76. The average Bonchev–Trinajstić information content (AvgIpc) is 2.32. The topological polar surface area (TPSA) is 34.1 Å². The minimum Gasteiger partial charge on any atom is -0.229 e. The Balaban J connectivity index is 2.61. The maximum absolute atomic E-state index is 13.4. The van der Waals surface area contributed by atoms with Crippen molar-refractivity contribution in [3.8, 4) is 0 Å². The van der Waals surface area contributed by atoms with Crippen molar-refractivity contribution >= 4 is 21.6 Å². The summed E-state index contributed by atoms with van der Waals surface area (Å²) in [6, 6.07) is 3.31. The second-order valence-electron chi connectivity index (χ2n) is 3.92. The van der Waals surface area contributed by atoms with Gasteiger partial charge in [0.25, 0.3) is 0 Å². The van der Waals surface area contributed by atoms with E-state index in [1.165, 1.54) is 11.8 Å². The summed E-state index contributed by atoms with van der Waals surface area (Å²) in [5.41, 5.74) is 0.272. The van der Waals surface area contributed by atoms with Crippen molar-refractivity contribution in [2.45, 2.75) is 19.1 Å². The van der Waals surface area contributed by atoms with Gasteiger partial charge in [-0.3, -0.25) is 0 Å². The van der Waals surface area contributed by atoms with Gasteiger partial charge in [-0.1, -0.05) is 6.92 Å². The Morgan fingerprint density at radius 1 is 1.33 bits per heavy atom. The van der Waals surface area contributed by atoms with E-state index >= 15 is 0 Å². The highest BCUT2D eigenvalue weighted by Crippen LogP contribution is 2.30. The summed E-state index contributed by atoms with van der Waals surface area (Å²) in [6.45, 7) is 3.33. The molecule has 102 valence electrons. The predicted octanol–water partition coefficient (Wildman–Crippen LogP) is 3.19. The molecule has 0 unspecified atom stereocenters. The highest BCUT2D eigenvalue weighted by Gasteiger charge is 2.14. The van der Waals surface area contributed by atoms with Crippen LogP contribution in [0.25, 0.3) is 0 Å². The van der Waals surface area contributed by atoms with Crippen LogP contribution in [0.15, 0.2) is 18.2 Å². The SMILES string of the molecule is CCS(=O)(=O)CCS[C@@H](C)c1cc(F)ccc1F. The number of hydrogen-bond acceptors (Lipinski definition) is 3. The number of thioether (sulfide) groups is 1. The largest absolute Gasteiger partial charge is 0.229 e. The molecule has 0 saturated heterocycles. The molecule has 0 spiro atoms. The maximum atomic E-state index is 13.4. The zero-order chi connectivity index (χ0) is 13.8. The number of benzene rings is 1. The molecule has 0 aromatic heterocycles. The molecule has 0 aliphatic rings. The molecule has 0 aliphatic heterocycles. The summed E-state index contributed by atoms with van der Waals surface area (Å²) in [5, 5.41) is -0.271. The fourth-order valence-electron chi connectivity index (χ4n) is 1.41. The zero-order valence-corrected chi connectivity index (χ0v) is 12.0. The second kappa shape index (κ2) is 6.52. The van der Waals surface area contributed by atoms with Gasteiger partial charge in [0.05, 0.1) is 5.75 Å².